The van der Waals surface area contributed by atoms with Gasteiger partial charge in [0.05, 0.1) is 32.5 Å². The number of benzene rings is 2. The van der Waals surface area contributed by atoms with Gasteiger partial charge in [0.15, 0.2) is 0 Å². The van der Waals surface area contributed by atoms with Gasteiger partial charge in [-0.05, 0) is 50.2 Å². The van der Waals surface area contributed by atoms with Gasteiger partial charge in [0, 0.05) is 5.92 Å². The van der Waals surface area contributed by atoms with Crippen molar-refractivity contribution < 1.29 is 4.79 Å². The molecule has 0 aliphatic carbocycles. The highest BCUT2D eigenvalue weighted by Crippen LogP contribution is 2.33. The smallest absolute Gasteiger partial charge is 0.238 e. The lowest BCUT2D eigenvalue weighted by atomic mass is 9.97. The molecule has 1 amide bonds. The van der Waals surface area contributed by atoms with Gasteiger partial charge in [0.25, 0.3) is 0 Å². The van der Waals surface area contributed by atoms with Crippen LogP contribution in [0.5, 0.6) is 0 Å². The van der Waals surface area contributed by atoms with E-state index in [1.165, 1.54) is 9.71 Å². The molecule has 0 bridgehead atoms. The second-order valence-electron chi connectivity index (χ2n) is 6.60. The lowest BCUT2D eigenvalue weighted by Gasteiger charge is -2.30. The van der Waals surface area contributed by atoms with Crippen LogP contribution in [0.25, 0.3) is 10.2 Å². The van der Waals surface area contributed by atoms with E-state index in [0.29, 0.717) is 23.2 Å². The normalized spacial score (nSPS) is 16.0. The van der Waals surface area contributed by atoms with Crippen molar-refractivity contribution in [3.8, 4) is 0 Å². The maximum atomic E-state index is 12.3. The third kappa shape index (κ3) is 3.90. The molecule has 4 nitrogen and oxygen atoms in total. The van der Waals surface area contributed by atoms with Crippen molar-refractivity contribution in [2.45, 2.75) is 18.8 Å². The van der Waals surface area contributed by atoms with Crippen molar-refractivity contribution in [3.05, 3.63) is 58.6 Å². The fraction of sp³-hybridized carbons (Fsp3) is 0.300. The summed E-state index contributed by atoms with van der Waals surface area (Å²) in [5, 5.41) is 4.69. The van der Waals surface area contributed by atoms with Crippen LogP contribution >= 0.6 is 22.9 Å². The Balaban J connectivity index is 1.32. The first-order valence-electron chi connectivity index (χ1n) is 8.81. The third-order valence-electron chi connectivity index (χ3n) is 4.76. The van der Waals surface area contributed by atoms with E-state index in [9.17, 15) is 4.79 Å². The number of anilines is 1. The van der Waals surface area contributed by atoms with Gasteiger partial charge in [-0.2, -0.15) is 0 Å². The molecule has 3 aromatic rings. The van der Waals surface area contributed by atoms with Gasteiger partial charge in [0.1, 0.15) is 0 Å². The van der Waals surface area contributed by atoms with E-state index in [1.54, 1.807) is 17.4 Å². The fourth-order valence-corrected chi connectivity index (χ4v) is 4.68. The largest absolute Gasteiger partial charge is 0.324 e. The fourth-order valence-electron chi connectivity index (χ4n) is 3.36. The average molecular weight is 386 g/mol. The van der Waals surface area contributed by atoms with Gasteiger partial charge in [-0.25, -0.2) is 4.98 Å². The van der Waals surface area contributed by atoms with Crippen molar-refractivity contribution in [1.29, 1.82) is 0 Å². The number of hydrogen-bond donors (Lipinski definition) is 1. The van der Waals surface area contributed by atoms with Gasteiger partial charge in [-0.1, -0.05) is 35.9 Å². The molecule has 1 aliphatic heterocycles. The number of nitrogens with zero attached hydrogens (tertiary/aromatic N) is 2. The summed E-state index contributed by atoms with van der Waals surface area (Å²) in [7, 11) is 0. The van der Waals surface area contributed by atoms with Crippen LogP contribution in [0.1, 0.15) is 23.8 Å². The molecule has 2 heterocycles. The van der Waals surface area contributed by atoms with Crippen LogP contribution in [-0.4, -0.2) is 35.4 Å². The van der Waals surface area contributed by atoms with Crippen LogP contribution in [-0.2, 0) is 4.79 Å². The Morgan fingerprint density at radius 3 is 2.65 bits per heavy atom. The van der Waals surface area contributed by atoms with E-state index >= 15 is 0 Å². The van der Waals surface area contributed by atoms with Gasteiger partial charge >= 0.3 is 0 Å². The van der Waals surface area contributed by atoms with E-state index in [2.05, 4.69) is 28.4 Å². The molecule has 4 rings (SSSR count). The molecular weight excluding hydrogens is 366 g/mol. The number of amides is 1. The molecule has 26 heavy (non-hydrogen) atoms. The molecule has 0 saturated carbocycles. The molecule has 0 unspecified atom stereocenters. The molecule has 1 N–H and O–H groups in total. The zero-order chi connectivity index (χ0) is 17.9. The average Bonchev–Trinajstić information content (AvgIpc) is 3.08. The Morgan fingerprint density at radius 1 is 1.15 bits per heavy atom. The SMILES string of the molecule is O=C(CN1CCC(c2nc3ccccc3s2)CC1)Nc1ccccc1Cl. The third-order valence-corrected chi connectivity index (χ3v) is 6.29. The first kappa shape index (κ1) is 17.5. The Kier molecular flexibility index (Phi) is 5.20. The quantitative estimate of drug-likeness (QED) is 0.703. The number of nitrogens with one attached hydrogen (secondary N) is 1. The molecule has 134 valence electrons. The number of carbonyl (C=O) groups excluding carboxylic acids is 1. The van der Waals surface area contributed by atoms with Crippen LogP contribution < -0.4 is 5.32 Å². The minimum Gasteiger partial charge on any atom is -0.324 e. The Labute approximate surface area is 161 Å². The number of thiazole rings is 1. The summed E-state index contributed by atoms with van der Waals surface area (Å²) in [4.78, 5) is 19.3. The number of rotatable bonds is 4. The summed E-state index contributed by atoms with van der Waals surface area (Å²) in [5.41, 5.74) is 1.76. The number of hydrogen-bond acceptors (Lipinski definition) is 4. The van der Waals surface area contributed by atoms with Crippen LogP contribution in [0.3, 0.4) is 0 Å². The highest BCUT2D eigenvalue weighted by molar-refractivity contribution is 7.18. The molecule has 0 spiro atoms. The predicted molar refractivity (Wildman–Crippen MR) is 108 cm³/mol. The summed E-state index contributed by atoms with van der Waals surface area (Å²) in [6.07, 6.45) is 2.08. The summed E-state index contributed by atoms with van der Waals surface area (Å²) >= 11 is 7.90. The molecule has 0 radical (unpaired) electrons. The molecule has 1 aliphatic rings. The molecule has 0 atom stereocenters. The molecule has 1 fully saturated rings. The number of carbonyl (C=O) groups is 1. The molecule has 1 saturated heterocycles. The summed E-state index contributed by atoms with van der Waals surface area (Å²) in [5.74, 6) is 0.479. The minimum atomic E-state index is -0.0171. The maximum Gasteiger partial charge on any atom is 0.238 e. The van der Waals surface area contributed by atoms with Crippen molar-refractivity contribution in [3.63, 3.8) is 0 Å². The predicted octanol–water partition coefficient (Wildman–Crippen LogP) is 4.77. The van der Waals surface area contributed by atoms with Gasteiger partial charge in [0.2, 0.25) is 5.91 Å². The zero-order valence-electron chi connectivity index (χ0n) is 14.3. The second kappa shape index (κ2) is 7.74. The van der Waals surface area contributed by atoms with E-state index in [4.69, 9.17) is 16.6 Å². The second-order valence-corrected chi connectivity index (χ2v) is 8.07. The maximum absolute atomic E-state index is 12.3. The van der Waals surface area contributed by atoms with E-state index in [1.807, 2.05) is 24.3 Å². The van der Waals surface area contributed by atoms with Gasteiger partial charge < -0.3 is 5.32 Å². The number of likely N-dealkylation sites (tertiary alicyclic amines) is 1. The molecule has 1 aromatic heterocycles. The molecule has 6 heteroatoms. The Bertz CT molecular complexity index is 885. The molecular formula is C20H20ClN3OS. The van der Waals surface area contributed by atoms with Crippen LogP contribution in [0.15, 0.2) is 48.5 Å². The lowest BCUT2D eigenvalue weighted by Crippen LogP contribution is -2.38. The lowest BCUT2D eigenvalue weighted by molar-refractivity contribution is -0.117. The van der Waals surface area contributed by atoms with E-state index < -0.39 is 0 Å². The highest BCUT2D eigenvalue weighted by Gasteiger charge is 2.24. The van der Waals surface area contributed by atoms with Crippen molar-refractivity contribution in [2.75, 3.05) is 25.0 Å². The van der Waals surface area contributed by atoms with Crippen LogP contribution in [0.2, 0.25) is 5.02 Å². The van der Waals surface area contributed by atoms with Gasteiger partial charge in [-0.3, -0.25) is 9.69 Å². The summed E-state index contributed by atoms with van der Waals surface area (Å²) in [6, 6.07) is 15.6. The highest BCUT2D eigenvalue weighted by atomic mass is 35.5. The zero-order valence-corrected chi connectivity index (χ0v) is 15.9. The monoisotopic (exact) mass is 385 g/mol. The number of aromatic nitrogens is 1. The minimum absolute atomic E-state index is 0.0171. The first-order valence-corrected chi connectivity index (χ1v) is 10.0. The summed E-state index contributed by atoms with van der Waals surface area (Å²) < 4.78 is 1.25. The summed E-state index contributed by atoms with van der Waals surface area (Å²) in [6.45, 7) is 2.23. The van der Waals surface area contributed by atoms with E-state index in [-0.39, 0.29) is 5.91 Å². The number of para-hydroxylation sites is 2. The molecule has 2 aromatic carbocycles. The first-order chi connectivity index (χ1) is 12.7. The number of halogens is 1. The van der Waals surface area contributed by atoms with Gasteiger partial charge in [-0.15, -0.1) is 11.3 Å². The van der Waals surface area contributed by atoms with Crippen molar-refractivity contribution in [2.24, 2.45) is 0 Å². The Hall–Kier alpha value is -1.95. The standard InChI is InChI=1S/C20H20ClN3OS/c21-15-5-1-2-6-16(15)22-19(25)13-24-11-9-14(10-12-24)20-23-17-7-3-4-8-18(17)26-20/h1-8,14H,9-13H2,(H,22,25). The van der Waals surface area contributed by atoms with Crippen LogP contribution in [0.4, 0.5) is 5.69 Å². The Morgan fingerprint density at radius 2 is 1.88 bits per heavy atom. The van der Waals surface area contributed by atoms with Crippen molar-refractivity contribution in [1.82, 2.24) is 9.88 Å². The number of piperidine rings is 1. The van der Waals surface area contributed by atoms with Crippen molar-refractivity contribution >= 4 is 44.7 Å². The van der Waals surface area contributed by atoms with E-state index in [0.717, 1.165) is 31.4 Å². The van der Waals surface area contributed by atoms with Crippen LogP contribution in [0, 0.1) is 0 Å². The number of fused-ring (bicyclic) bond motifs is 1. The topological polar surface area (TPSA) is 45.2 Å².